The van der Waals surface area contributed by atoms with Crippen molar-refractivity contribution in [2.45, 2.75) is 0 Å². The van der Waals surface area contributed by atoms with Crippen LogP contribution in [0, 0.1) is 0 Å². The first kappa shape index (κ1) is 27.5. The number of furan rings is 2. The Hall–Kier alpha value is -6.58. The maximum Gasteiger partial charge on any atom is 0.137 e. The van der Waals surface area contributed by atoms with Gasteiger partial charge in [0.05, 0.1) is 0 Å². The molecule has 0 atom stereocenters. The molecule has 3 heteroatoms. The molecule has 0 radical (unpaired) electrons. The fourth-order valence-electron chi connectivity index (χ4n) is 7.27. The van der Waals surface area contributed by atoms with Gasteiger partial charge in [-0.2, -0.15) is 0 Å². The second-order valence-corrected chi connectivity index (χ2v) is 12.6. The first-order chi connectivity index (χ1) is 24.3. The number of anilines is 3. The highest BCUT2D eigenvalue weighted by Gasteiger charge is 2.18. The van der Waals surface area contributed by atoms with Gasteiger partial charge in [-0.25, -0.2) is 0 Å². The Kier molecular flexibility index (Phi) is 6.18. The highest BCUT2D eigenvalue weighted by molar-refractivity contribution is 6.20. The van der Waals surface area contributed by atoms with Gasteiger partial charge in [0, 0.05) is 44.7 Å². The highest BCUT2D eigenvalue weighted by atomic mass is 16.3. The van der Waals surface area contributed by atoms with Gasteiger partial charge in [-0.05, 0) is 93.7 Å². The quantitative estimate of drug-likeness (QED) is 0.190. The van der Waals surface area contributed by atoms with Crippen molar-refractivity contribution in [3.05, 3.63) is 176 Å². The van der Waals surface area contributed by atoms with Crippen LogP contribution in [0.3, 0.4) is 0 Å². The molecule has 0 aliphatic carbocycles. The SMILES string of the molecule is c1ccc(-c2ccc(N(c3ccc4c(c3)oc3ccccc34)c3ccc4ccc5oc6cc(-c7ccccc7)ccc6c5c4c3)cc2)cc1. The molecule has 0 saturated heterocycles. The van der Waals surface area contributed by atoms with E-state index >= 15 is 0 Å². The first-order valence-corrected chi connectivity index (χ1v) is 16.6. The molecule has 0 fully saturated rings. The number of hydrogen-bond donors (Lipinski definition) is 0. The molecule has 49 heavy (non-hydrogen) atoms. The number of para-hydroxylation sites is 1. The molecule has 0 N–H and O–H groups in total. The third kappa shape index (κ3) is 4.59. The summed E-state index contributed by atoms with van der Waals surface area (Å²) >= 11 is 0. The number of benzene rings is 8. The summed E-state index contributed by atoms with van der Waals surface area (Å²) < 4.78 is 12.9. The molecular formula is C46H29NO2. The third-order valence-electron chi connectivity index (χ3n) is 9.66. The van der Waals surface area contributed by atoms with Crippen LogP contribution >= 0.6 is 0 Å². The molecule has 10 aromatic rings. The van der Waals surface area contributed by atoms with Crippen molar-refractivity contribution in [1.29, 1.82) is 0 Å². The third-order valence-corrected chi connectivity index (χ3v) is 9.66. The average molecular weight is 628 g/mol. The van der Waals surface area contributed by atoms with Gasteiger partial charge < -0.3 is 13.7 Å². The molecule has 8 aromatic carbocycles. The van der Waals surface area contributed by atoms with E-state index in [1.807, 2.05) is 18.2 Å². The van der Waals surface area contributed by atoms with Crippen LogP contribution in [-0.2, 0) is 0 Å². The zero-order valence-corrected chi connectivity index (χ0v) is 26.5. The van der Waals surface area contributed by atoms with E-state index in [2.05, 4.69) is 163 Å². The molecule has 0 unspecified atom stereocenters. The Labute approximate surface area is 282 Å². The lowest BCUT2D eigenvalue weighted by atomic mass is 10.00. The van der Waals surface area contributed by atoms with Gasteiger partial charge in [0.25, 0.3) is 0 Å². The number of nitrogens with zero attached hydrogens (tertiary/aromatic N) is 1. The molecule has 10 rings (SSSR count). The van der Waals surface area contributed by atoms with Crippen molar-refractivity contribution in [1.82, 2.24) is 0 Å². The first-order valence-electron chi connectivity index (χ1n) is 16.6. The number of hydrogen-bond acceptors (Lipinski definition) is 3. The summed E-state index contributed by atoms with van der Waals surface area (Å²) in [5.74, 6) is 0. The normalized spacial score (nSPS) is 11.7. The lowest BCUT2D eigenvalue weighted by molar-refractivity contribution is 0.669. The summed E-state index contributed by atoms with van der Waals surface area (Å²) in [6, 6.07) is 62.0. The summed E-state index contributed by atoms with van der Waals surface area (Å²) in [5, 5.41) is 6.79. The Morgan fingerprint density at radius 1 is 0.306 bits per heavy atom. The van der Waals surface area contributed by atoms with Gasteiger partial charge in [0.15, 0.2) is 0 Å². The molecule has 0 bridgehead atoms. The molecule has 230 valence electrons. The van der Waals surface area contributed by atoms with Crippen LogP contribution < -0.4 is 4.90 Å². The van der Waals surface area contributed by atoms with Gasteiger partial charge in [0.1, 0.15) is 22.3 Å². The lowest BCUT2D eigenvalue weighted by Crippen LogP contribution is -2.09. The topological polar surface area (TPSA) is 29.5 Å². The highest BCUT2D eigenvalue weighted by Crippen LogP contribution is 2.42. The molecule has 2 heterocycles. The van der Waals surface area contributed by atoms with Gasteiger partial charge >= 0.3 is 0 Å². The minimum Gasteiger partial charge on any atom is -0.456 e. The van der Waals surface area contributed by atoms with E-state index in [1.54, 1.807) is 0 Å². The minimum atomic E-state index is 0.864. The minimum absolute atomic E-state index is 0.864. The van der Waals surface area contributed by atoms with E-state index in [0.29, 0.717) is 0 Å². The van der Waals surface area contributed by atoms with E-state index in [0.717, 1.165) is 77.3 Å². The van der Waals surface area contributed by atoms with Crippen molar-refractivity contribution in [2.24, 2.45) is 0 Å². The summed E-state index contributed by atoms with van der Waals surface area (Å²) in [6.45, 7) is 0. The van der Waals surface area contributed by atoms with Crippen LogP contribution in [0.4, 0.5) is 17.1 Å². The van der Waals surface area contributed by atoms with E-state index in [4.69, 9.17) is 8.83 Å². The second kappa shape index (κ2) is 11.0. The van der Waals surface area contributed by atoms with Crippen LogP contribution in [0.1, 0.15) is 0 Å². The molecule has 2 aromatic heterocycles. The number of fused-ring (bicyclic) bond motifs is 8. The lowest BCUT2D eigenvalue weighted by Gasteiger charge is -2.26. The van der Waals surface area contributed by atoms with Crippen LogP contribution in [0.25, 0.3) is 76.9 Å². The van der Waals surface area contributed by atoms with Crippen LogP contribution in [0.5, 0.6) is 0 Å². The summed E-state index contributed by atoms with van der Waals surface area (Å²) in [6.07, 6.45) is 0. The molecule has 0 aliphatic rings. The van der Waals surface area contributed by atoms with Crippen molar-refractivity contribution >= 4 is 71.7 Å². The average Bonchev–Trinajstić information content (AvgIpc) is 3.74. The fraction of sp³-hybridized carbons (Fsp3) is 0. The van der Waals surface area contributed by atoms with E-state index in [1.165, 1.54) is 16.7 Å². The van der Waals surface area contributed by atoms with E-state index in [-0.39, 0.29) is 0 Å². The maximum absolute atomic E-state index is 6.50. The summed E-state index contributed by atoms with van der Waals surface area (Å²) in [4.78, 5) is 2.31. The monoisotopic (exact) mass is 627 g/mol. The molecule has 0 saturated carbocycles. The van der Waals surface area contributed by atoms with Gasteiger partial charge in [0.2, 0.25) is 0 Å². The largest absolute Gasteiger partial charge is 0.456 e. The fourth-order valence-corrected chi connectivity index (χ4v) is 7.27. The Morgan fingerprint density at radius 3 is 1.67 bits per heavy atom. The van der Waals surface area contributed by atoms with Crippen LogP contribution in [0.2, 0.25) is 0 Å². The van der Waals surface area contributed by atoms with E-state index < -0.39 is 0 Å². The second-order valence-electron chi connectivity index (χ2n) is 12.6. The van der Waals surface area contributed by atoms with Crippen LogP contribution in [0.15, 0.2) is 185 Å². The maximum atomic E-state index is 6.50. The summed E-state index contributed by atoms with van der Waals surface area (Å²) in [5.41, 5.74) is 11.4. The van der Waals surface area contributed by atoms with Gasteiger partial charge in [-0.3, -0.25) is 0 Å². The van der Waals surface area contributed by atoms with Gasteiger partial charge in [-0.15, -0.1) is 0 Å². The Morgan fingerprint density at radius 2 is 0.857 bits per heavy atom. The smallest absolute Gasteiger partial charge is 0.137 e. The standard InChI is InChI=1S/C46H29NO2/c1-3-9-30(10-4-1)32-15-20-35(21-16-32)47(37-23-25-39-38-13-7-8-14-42(38)48-45(39)29-37)36-22-17-33-19-26-43-46(41(33)28-36)40-24-18-34(27-44(40)49-43)31-11-5-2-6-12-31/h1-29H. The number of rotatable bonds is 5. The zero-order chi connectivity index (χ0) is 32.3. The predicted molar refractivity (Wildman–Crippen MR) is 204 cm³/mol. The predicted octanol–water partition coefficient (Wildman–Crippen LogP) is 13.4. The van der Waals surface area contributed by atoms with Crippen molar-refractivity contribution in [3.63, 3.8) is 0 Å². The molecule has 3 nitrogen and oxygen atoms in total. The van der Waals surface area contributed by atoms with E-state index in [9.17, 15) is 0 Å². The molecule has 0 amide bonds. The van der Waals surface area contributed by atoms with Crippen LogP contribution in [-0.4, -0.2) is 0 Å². The van der Waals surface area contributed by atoms with Crippen molar-refractivity contribution in [3.8, 4) is 22.3 Å². The Bertz CT molecular complexity index is 2810. The Balaban J connectivity index is 1.16. The van der Waals surface area contributed by atoms with Crippen molar-refractivity contribution < 1.29 is 8.83 Å². The van der Waals surface area contributed by atoms with Crippen molar-refractivity contribution in [2.75, 3.05) is 4.90 Å². The molecule has 0 spiro atoms. The molecule has 0 aliphatic heterocycles. The van der Waals surface area contributed by atoms with Gasteiger partial charge in [-0.1, -0.05) is 109 Å². The zero-order valence-electron chi connectivity index (χ0n) is 26.5. The molecular weight excluding hydrogens is 599 g/mol. The summed E-state index contributed by atoms with van der Waals surface area (Å²) in [7, 11) is 0.